The predicted molar refractivity (Wildman–Crippen MR) is 88.5 cm³/mol. The average molecular weight is 325 g/mol. The second-order valence-electron chi connectivity index (χ2n) is 5.58. The quantitative estimate of drug-likeness (QED) is 0.587. The molecule has 120 valence electrons. The van der Waals surface area contributed by atoms with Crippen LogP contribution in [0.2, 0.25) is 0 Å². The number of pyridine rings is 2. The van der Waals surface area contributed by atoms with Crippen molar-refractivity contribution in [1.29, 1.82) is 0 Å². The van der Waals surface area contributed by atoms with Crippen LogP contribution in [0.15, 0.2) is 48.8 Å². The van der Waals surface area contributed by atoms with Gasteiger partial charge < -0.3 is 5.32 Å². The van der Waals surface area contributed by atoms with Gasteiger partial charge in [0, 0.05) is 30.4 Å². The number of aromatic nitrogens is 4. The van der Waals surface area contributed by atoms with Gasteiger partial charge in [0.2, 0.25) is 0 Å². The second kappa shape index (κ2) is 5.23. The van der Waals surface area contributed by atoms with E-state index in [2.05, 4.69) is 25.5 Å². The van der Waals surface area contributed by atoms with Crippen molar-refractivity contribution in [3.63, 3.8) is 0 Å². The highest BCUT2D eigenvalue weighted by atomic mass is 19.3. The van der Waals surface area contributed by atoms with Crippen molar-refractivity contribution in [2.24, 2.45) is 0 Å². The summed E-state index contributed by atoms with van der Waals surface area (Å²) in [5, 5.41) is 11.4. The fraction of sp³-hybridized carbons (Fsp3) is 0.118. The summed E-state index contributed by atoms with van der Waals surface area (Å²) in [5.41, 5.74) is 2.04. The lowest BCUT2D eigenvalue weighted by Gasteiger charge is -2.13. The Morgan fingerprint density at radius 1 is 1.08 bits per heavy atom. The SMILES string of the molecule is CC(F)(F)c1nccc2cc(Nc3n[nH]c4cccnc34)ccc12. The Bertz CT molecular complexity index is 1040. The number of alkyl halides is 2. The van der Waals surface area contributed by atoms with Gasteiger partial charge >= 0.3 is 0 Å². The Morgan fingerprint density at radius 2 is 1.96 bits per heavy atom. The molecule has 24 heavy (non-hydrogen) atoms. The van der Waals surface area contributed by atoms with E-state index in [0.29, 0.717) is 22.1 Å². The van der Waals surface area contributed by atoms with E-state index in [-0.39, 0.29) is 5.69 Å². The van der Waals surface area contributed by atoms with Gasteiger partial charge in [-0.15, -0.1) is 0 Å². The zero-order valence-electron chi connectivity index (χ0n) is 12.7. The minimum atomic E-state index is -2.99. The maximum atomic E-state index is 13.7. The van der Waals surface area contributed by atoms with Gasteiger partial charge in [-0.3, -0.25) is 15.1 Å². The van der Waals surface area contributed by atoms with E-state index in [4.69, 9.17) is 0 Å². The zero-order chi connectivity index (χ0) is 16.7. The lowest BCUT2D eigenvalue weighted by molar-refractivity contribution is 0.0145. The number of nitrogens with one attached hydrogen (secondary N) is 2. The van der Waals surface area contributed by atoms with E-state index >= 15 is 0 Å². The van der Waals surface area contributed by atoms with Gasteiger partial charge in [-0.2, -0.15) is 13.9 Å². The van der Waals surface area contributed by atoms with E-state index in [1.165, 1.54) is 6.20 Å². The largest absolute Gasteiger partial charge is 0.337 e. The van der Waals surface area contributed by atoms with Crippen molar-refractivity contribution in [3.05, 3.63) is 54.5 Å². The van der Waals surface area contributed by atoms with Crippen molar-refractivity contribution in [3.8, 4) is 0 Å². The number of fused-ring (bicyclic) bond motifs is 2. The maximum Gasteiger partial charge on any atom is 0.287 e. The number of nitrogens with zero attached hydrogens (tertiary/aromatic N) is 3. The summed E-state index contributed by atoms with van der Waals surface area (Å²) in [6.07, 6.45) is 3.08. The topological polar surface area (TPSA) is 66.5 Å². The third-order valence-electron chi connectivity index (χ3n) is 3.76. The predicted octanol–water partition coefficient (Wildman–Crippen LogP) is 4.36. The number of benzene rings is 1. The molecule has 0 unspecified atom stereocenters. The summed E-state index contributed by atoms with van der Waals surface area (Å²) in [4.78, 5) is 8.11. The number of hydrogen-bond acceptors (Lipinski definition) is 4. The minimum absolute atomic E-state index is 0.224. The van der Waals surface area contributed by atoms with Gasteiger partial charge in [0.15, 0.2) is 5.82 Å². The van der Waals surface area contributed by atoms with Crippen LogP contribution in [0.25, 0.3) is 21.8 Å². The van der Waals surface area contributed by atoms with Gasteiger partial charge in [-0.05, 0) is 35.7 Å². The van der Waals surface area contributed by atoms with E-state index in [0.717, 1.165) is 18.1 Å². The number of hydrogen-bond donors (Lipinski definition) is 2. The summed E-state index contributed by atoms with van der Waals surface area (Å²) < 4.78 is 27.3. The van der Waals surface area contributed by atoms with Crippen LogP contribution in [0.4, 0.5) is 20.3 Å². The Labute approximate surface area is 135 Å². The first-order valence-electron chi connectivity index (χ1n) is 7.35. The fourth-order valence-electron chi connectivity index (χ4n) is 2.68. The van der Waals surface area contributed by atoms with E-state index in [1.54, 1.807) is 30.5 Å². The van der Waals surface area contributed by atoms with Crippen molar-refractivity contribution in [2.75, 3.05) is 5.32 Å². The van der Waals surface area contributed by atoms with Gasteiger partial charge in [0.25, 0.3) is 5.92 Å². The molecule has 5 nitrogen and oxygen atoms in total. The highest BCUT2D eigenvalue weighted by Gasteiger charge is 2.28. The maximum absolute atomic E-state index is 13.7. The first kappa shape index (κ1) is 14.5. The highest BCUT2D eigenvalue weighted by molar-refractivity contribution is 5.91. The van der Waals surface area contributed by atoms with Crippen LogP contribution in [-0.4, -0.2) is 20.2 Å². The molecular weight excluding hydrogens is 312 g/mol. The van der Waals surface area contributed by atoms with Crippen LogP contribution >= 0.6 is 0 Å². The molecule has 0 saturated carbocycles. The third-order valence-corrected chi connectivity index (χ3v) is 3.76. The fourth-order valence-corrected chi connectivity index (χ4v) is 2.68. The third kappa shape index (κ3) is 2.44. The van der Waals surface area contributed by atoms with Crippen LogP contribution in [0.3, 0.4) is 0 Å². The molecule has 3 aromatic heterocycles. The molecule has 7 heteroatoms. The number of H-pyrrole nitrogens is 1. The standard InChI is InChI=1S/C17H13F2N5/c1-17(18,19)15-12-5-4-11(9-10(12)6-8-21-15)22-16-14-13(23-24-16)3-2-7-20-14/h2-9H,1H3,(H2,22,23,24). The van der Waals surface area contributed by atoms with Crippen LogP contribution in [-0.2, 0) is 5.92 Å². The molecule has 4 aromatic rings. The molecule has 3 heterocycles. The van der Waals surface area contributed by atoms with Crippen LogP contribution in [0.1, 0.15) is 12.6 Å². The Balaban J connectivity index is 1.76. The molecular formula is C17H13F2N5. The molecule has 0 amide bonds. The molecule has 2 N–H and O–H groups in total. The van der Waals surface area contributed by atoms with Crippen molar-refractivity contribution in [1.82, 2.24) is 20.2 Å². The molecule has 1 aromatic carbocycles. The lowest BCUT2D eigenvalue weighted by Crippen LogP contribution is -2.10. The number of aromatic amines is 1. The van der Waals surface area contributed by atoms with Crippen molar-refractivity contribution in [2.45, 2.75) is 12.8 Å². The summed E-state index contributed by atoms with van der Waals surface area (Å²) in [7, 11) is 0. The first-order chi connectivity index (χ1) is 11.5. The van der Waals surface area contributed by atoms with Crippen LogP contribution < -0.4 is 5.32 Å². The number of halogens is 2. The number of anilines is 2. The molecule has 0 fully saturated rings. The van der Waals surface area contributed by atoms with Gasteiger partial charge in [0.1, 0.15) is 11.2 Å². The number of rotatable bonds is 3. The average Bonchev–Trinajstić information content (AvgIpc) is 2.96. The van der Waals surface area contributed by atoms with Gasteiger partial charge in [-0.25, -0.2) is 0 Å². The molecule has 0 aliphatic rings. The van der Waals surface area contributed by atoms with E-state index in [9.17, 15) is 8.78 Å². The Kier molecular flexibility index (Phi) is 3.16. The van der Waals surface area contributed by atoms with E-state index in [1.807, 2.05) is 12.1 Å². The molecule has 0 aliphatic heterocycles. The molecule has 0 radical (unpaired) electrons. The van der Waals surface area contributed by atoms with Crippen LogP contribution in [0, 0.1) is 0 Å². The zero-order valence-corrected chi connectivity index (χ0v) is 12.7. The normalized spacial score (nSPS) is 12.0. The molecule has 0 saturated heterocycles. The van der Waals surface area contributed by atoms with Crippen molar-refractivity contribution >= 4 is 33.3 Å². The van der Waals surface area contributed by atoms with Gasteiger partial charge in [-0.1, -0.05) is 6.07 Å². The molecule has 0 spiro atoms. The highest BCUT2D eigenvalue weighted by Crippen LogP contribution is 2.33. The summed E-state index contributed by atoms with van der Waals surface area (Å²) >= 11 is 0. The summed E-state index contributed by atoms with van der Waals surface area (Å²) in [6.45, 7) is 0.850. The minimum Gasteiger partial charge on any atom is -0.337 e. The molecule has 0 bridgehead atoms. The van der Waals surface area contributed by atoms with Gasteiger partial charge in [0.05, 0.1) is 5.52 Å². The summed E-state index contributed by atoms with van der Waals surface area (Å²) in [6, 6.07) is 10.6. The first-order valence-corrected chi connectivity index (χ1v) is 7.35. The summed E-state index contributed by atoms with van der Waals surface area (Å²) in [5.74, 6) is -2.41. The molecule has 4 rings (SSSR count). The molecule has 0 aliphatic carbocycles. The Morgan fingerprint density at radius 3 is 2.79 bits per heavy atom. The Hall–Kier alpha value is -3.09. The monoisotopic (exact) mass is 325 g/mol. The van der Waals surface area contributed by atoms with Crippen molar-refractivity contribution < 1.29 is 8.78 Å². The smallest absolute Gasteiger partial charge is 0.287 e. The van der Waals surface area contributed by atoms with Crippen LogP contribution in [0.5, 0.6) is 0 Å². The van der Waals surface area contributed by atoms with E-state index < -0.39 is 5.92 Å². The lowest BCUT2D eigenvalue weighted by atomic mass is 10.1. The second-order valence-corrected chi connectivity index (χ2v) is 5.58. The molecule has 0 atom stereocenters.